The highest BCUT2D eigenvalue weighted by molar-refractivity contribution is 9.10. The summed E-state index contributed by atoms with van der Waals surface area (Å²) >= 11 is 3.49. The molecule has 0 spiro atoms. The number of ether oxygens (including phenoxy) is 1. The highest BCUT2D eigenvalue weighted by atomic mass is 79.9. The van der Waals surface area contributed by atoms with Crippen molar-refractivity contribution in [1.29, 1.82) is 0 Å². The summed E-state index contributed by atoms with van der Waals surface area (Å²) in [5.41, 5.74) is 0.251. The van der Waals surface area contributed by atoms with Gasteiger partial charge in [0.05, 0.1) is 23.0 Å². The van der Waals surface area contributed by atoms with Crippen LogP contribution in [0, 0.1) is 0 Å². The fourth-order valence-electron chi connectivity index (χ4n) is 2.33. The van der Waals surface area contributed by atoms with Gasteiger partial charge in [0.2, 0.25) is 0 Å². The summed E-state index contributed by atoms with van der Waals surface area (Å²) in [5, 5.41) is 15.6. The average molecular weight is 339 g/mol. The number of methoxy groups -OCH3 is 1. The molecular weight excluding hydrogens is 320 g/mol. The van der Waals surface area contributed by atoms with E-state index in [1.807, 2.05) is 48.9 Å². The van der Waals surface area contributed by atoms with Gasteiger partial charge in [0, 0.05) is 13.2 Å². The average Bonchev–Trinajstić information content (AvgIpc) is 2.82. The Bertz CT molecular complexity index is 569. The van der Waals surface area contributed by atoms with Gasteiger partial charge in [-0.2, -0.15) is 5.10 Å². The van der Waals surface area contributed by atoms with Gasteiger partial charge in [0.15, 0.2) is 5.60 Å². The van der Waals surface area contributed by atoms with E-state index < -0.39 is 5.60 Å². The molecule has 5 heteroatoms. The fourth-order valence-corrected chi connectivity index (χ4v) is 2.93. The molecule has 1 N–H and O–H groups in total. The third-order valence-electron chi connectivity index (χ3n) is 3.24. The van der Waals surface area contributed by atoms with Crippen LogP contribution in [0.4, 0.5) is 0 Å². The van der Waals surface area contributed by atoms with Crippen LogP contribution in [0.15, 0.2) is 41.0 Å². The van der Waals surface area contributed by atoms with Crippen molar-refractivity contribution in [1.82, 2.24) is 9.78 Å². The van der Waals surface area contributed by atoms with Crippen LogP contribution < -0.4 is 0 Å². The van der Waals surface area contributed by atoms with Crippen LogP contribution in [0.3, 0.4) is 0 Å². The summed E-state index contributed by atoms with van der Waals surface area (Å²) in [6.45, 7) is 4.22. The molecule has 0 radical (unpaired) electrons. The molecule has 0 saturated heterocycles. The predicted octanol–water partition coefficient (Wildman–Crippen LogP) is 3.11. The molecule has 2 rings (SSSR count). The minimum atomic E-state index is -1.24. The third-order valence-corrected chi connectivity index (χ3v) is 3.82. The van der Waals surface area contributed by atoms with Crippen LogP contribution in [0.2, 0.25) is 0 Å². The van der Waals surface area contributed by atoms with E-state index in [0.717, 1.165) is 10.0 Å². The van der Waals surface area contributed by atoms with Gasteiger partial charge in [-0.05, 0) is 35.3 Å². The zero-order valence-electron chi connectivity index (χ0n) is 11.9. The number of rotatable bonds is 5. The second-order valence-corrected chi connectivity index (χ2v) is 5.89. The molecule has 2 aromatic rings. The molecule has 0 aliphatic heterocycles. The van der Waals surface area contributed by atoms with Gasteiger partial charge in [-0.1, -0.05) is 30.3 Å². The zero-order chi connectivity index (χ0) is 14.8. The Labute approximate surface area is 127 Å². The zero-order valence-corrected chi connectivity index (χ0v) is 13.5. The van der Waals surface area contributed by atoms with E-state index in [9.17, 15) is 5.11 Å². The van der Waals surface area contributed by atoms with Gasteiger partial charge >= 0.3 is 0 Å². The van der Waals surface area contributed by atoms with Gasteiger partial charge in [0.25, 0.3) is 0 Å². The smallest absolute Gasteiger partial charge is 0.155 e. The molecule has 0 bridgehead atoms. The minimum absolute atomic E-state index is 0.142. The first-order chi connectivity index (χ1) is 9.50. The number of aromatic nitrogens is 2. The van der Waals surface area contributed by atoms with Crippen molar-refractivity contribution < 1.29 is 9.84 Å². The third kappa shape index (κ3) is 2.66. The lowest BCUT2D eigenvalue weighted by molar-refractivity contribution is -0.0108. The van der Waals surface area contributed by atoms with E-state index in [4.69, 9.17) is 4.74 Å². The first-order valence-electron chi connectivity index (χ1n) is 6.51. The maximum absolute atomic E-state index is 11.2. The predicted molar refractivity (Wildman–Crippen MR) is 81.6 cm³/mol. The van der Waals surface area contributed by atoms with Crippen molar-refractivity contribution in [3.05, 3.63) is 52.3 Å². The summed E-state index contributed by atoms with van der Waals surface area (Å²) in [4.78, 5) is 0. The van der Waals surface area contributed by atoms with Gasteiger partial charge < -0.3 is 9.84 Å². The Morgan fingerprint density at radius 3 is 2.55 bits per heavy atom. The quantitative estimate of drug-likeness (QED) is 0.911. The van der Waals surface area contributed by atoms with Crippen LogP contribution in [-0.2, 0) is 10.3 Å². The first kappa shape index (κ1) is 15.2. The largest absolute Gasteiger partial charge is 0.381 e. The highest BCUT2D eigenvalue weighted by Gasteiger charge is 2.37. The number of aliphatic hydroxyl groups is 1. The van der Waals surface area contributed by atoms with E-state index in [-0.39, 0.29) is 12.6 Å². The summed E-state index contributed by atoms with van der Waals surface area (Å²) in [6.07, 6.45) is 1.71. The summed E-state index contributed by atoms with van der Waals surface area (Å²) in [5.74, 6) is 0. The molecule has 0 amide bonds. The number of hydrogen-bond acceptors (Lipinski definition) is 3. The highest BCUT2D eigenvalue weighted by Crippen LogP contribution is 2.36. The number of halogens is 1. The molecule has 1 heterocycles. The van der Waals surface area contributed by atoms with E-state index >= 15 is 0 Å². The molecule has 1 aromatic heterocycles. The minimum Gasteiger partial charge on any atom is -0.381 e. The maximum atomic E-state index is 11.2. The summed E-state index contributed by atoms with van der Waals surface area (Å²) in [7, 11) is 1.58. The van der Waals surface area contributed by atoms with Crippen molar-refractivity contribution in [2.24, 2.45) is 0 Å². The summed E-state index contributed by atoms with van der Waals surface area (Å²) in [6, 6.07) is 9.65. The first-order valence-corrected chi connectivity index (χ1v) is 7.30. The molecule has 0 saturated carbocycles. The standard InChI is InChI=1S/C15H19BrN2O2/c1-11(2)18-14(13(16)9-17-18)15(19,10-20-3)12-7-5-4-6-8-12/h4-9,11,19H,10H2,1-3H3. The summed E-state index contributed by atoms with van der Waals surface area (Å²) < 4.78 is 7.85. The molecular formula is C15H19BrN2O2. The van der Waals surface area contributed by atoms with Crippen LogP contribution in [0.1, 0.15) is 31.1 Å². The van der Waals surface area contributed by atoms with Gasteiger partial charge in [-0.25, -0.2) is 0 Å². The lowest BCUT2D eigenvalue weighted by Gasteiger charge is -2.30. The number of benzene rings is 1. The van der Waals surface area contributed by atoms with Gasteiger partial charge in [-0.15, -0.1) is 0 Å². The van der Waals surface area contributed by atoms with Crippen LogP contribution >= 0.6 is 15.9 Å². The topological polar surface area (TPSA) is 47.3 Å². The Morgan fingerprint density at radius 1 is 1.35 bits per heavy atom. The van der Waals surface area contributed by atoms with Crippen LogP contribution in [-0.4, -0.2) is 28.6 Å². The molecule has 1 atom stereocenters. The Morgan fingerprint density at radius 2 is 2.00 bits per heavy atom. The normalized spacial score (nSPS) is 14.5. The monoisotopic (exact) mass is 338 g/mol. The van der Waals surface area contributed by atoms with Crippen LogP contribution in [0.5, 0.6) is 0 Å². The SMILES string of the molecule is COCC(O)(c1ccccc1)c1c(Br)cnn1C(C)C. The molecule has 1 unspecified atom stereocenters. The van der Waals surface area contributed by atoms with Crippen molar-refractivity contribution in [3.63, 3.8) is 0 Å². The maximum Gasteiger partial charge on any atom is 0.155 e. The number of hydrogen-bond donors (Lipinski definition) is 1. The molecule has 1 aromatic carbocycles. The Hall–Kier alpha value is -1.17. The molecule has 0 aliphatic rings. The molecule has 108 valence electrons. The fraction of sp³-hybridized carbons (Fsp3) is 0.400. The molecule has 0 aliphatic carbocycles. The van der Waals surface area contributed by atoms with Crippen LogP contribution in [0.25, 0.3) is 0 Å². The van der Waals surface area contributed by atoms with Crippen molar-refractivity contribution in [2.45, 2.75) is 25.5 Å². The van der Waals surface area contributed by atoms with Gasteiger partial charge in [-0.3, -0.25) is 4.68 Å². The van der Waals surface area contributed by atoms with Gasteiger partial charge in [0.1, 0.15) is 0 Å². The van der Waals surface area contributed by atoms with E-state index in [0.29, 0.717) is 5.69 Å². The number of nitrogens with zero attached hydrogens (tertiary/aromatic N) is 2. The van der Waals surface area contributed by atoms with E-state index in [1.165, 1.54) is 0 Å². The molecule has 20 heavy (non-hydrogen) atoms. The van der Waals surface area contributed by atoms with Crippen molar-refractivity contribution in [3.8, 4) is 0 Å². The molecule has 4 nitrogen and oxygen atoms in total. The Balaban J connectivity index is 2.62. The second kappa shape index (κ2) is 6.08. The molecule has 0 fully saturated rings. The van der Waals surface area contributed by atoms with E-state index in [1.54, 1.807) is 13.3 Å². The van der Waals surface area contributed by atoms with E-state index in [2.05, 4.69) is 21.0 Å². The second-order valence-electron chi connectivity index (χ2n) is 5.04. The lowest BCUT2D eigenvalue weighted by Crippen LogP contribution is -2.36. The van der Waals surface area contributed by atoms with Crippen molar-refractivity contribution >= 4 is 15.9 Å². The van der Waals surface area contributed by atoms with Crippen molar-refractivity contribution in [2.75, 3.05) is 13.7 Å². The Kier molecular flexibility index (Phi) is 4.62. The lowest BCUT2D eigenvalue weighted by atomic mass is 9.91.